The molecule has 0 aliphatic rings. The van der Waals surface area contributed by atoms with E-state index < -0.39 is 10.0 Å². The molecule has 2 heterocycles. The Kier molecular flexibility index (Phi) is 4.08. The van der Waals surface area contributed by atoms with Gasteiger partial charge in [-0.2, -0.15) is 0 Å². The molecule has 7 heteroatoms. The molecule has 0 aromatic carbocycles. The first-order valence-corrected chi connectivity index (χ1v) is 7.45. The molecular weight excluding hydrogens is 266 g/mol. The fourth-order valence-corrected chi connectivity index (χ4v) is 2.87. The predicted octanol–water partition coefficient (Wildman–Crippen LogP) is 1.04. The van der Waals surface area contributed by atoms with Gasteiger partial charge in [-0.15, -0.1) is 0 Å². The third kappa shape index (κ3) is 3.06. The van der Waals surface area contributed by atoms with Gasteiger partial charge in [0.2, 0.25) is 10.0 Å². The summed E-state index contributed by atoms with van der Waals surface area (Å²) in [6.45, 7) is 3.14. The van der Waals surface area contributed by atoms with Crippen LogP contribution >= 0.6 is 0 Å². The molecule has 0 aliphatic heterocycles. The molecule has 0 unspecified atom stereocenters. The van der Waals surface area contributed by atoms with Crippen molar-refractivity contribution in [1.29, 1.82) is 0 Å². The first-order valence-electron chi connectivity index (χ1n) is 5.96. The Morgan fingerprint density at radius 3 is 2.79 bits per heavy atom. The highest BCUT2D eigenvalue weighted by atomic mass is 32.2. The quantitative estimate of drug-likeness (QED) is 0.828. The summed E-state index contributed by atoms with van der Waals surface area (Å²) in [6.07, 6.45) is 4.61. The van der Waals surface area contributed by atoms with Crippen molar-refractivity contribution in [3.63, 3.8) is 0 Å². The lowest BCUT2D eigenvalue weighted by molar-refractivity contribution is 0.561. The highest BCUT2D eigenvalue weighted by molar-refractivity contribution is 7.89. The standard InChI is InChI=1S/C12H17N3O3S/c1-2-15-8-12(5-11(15)6-13)19(16,17)14-7-10-3-4-18-9-10/h3-5,8-9,14H,2,6-7,13H2,1H3. The van der Waals surface area contributed by atoms with Gasteiger partial charge < -0.3 is 14.7 Å². The van der Waals surface area contributed by atoms with Gasteiger partial charge in [-0.25, -0.2) is 13.1 Å². The molecule has 3 N–H and O–H groups in total. The summed E-state index contributed by atoms with van der Waals surface area (Å²) in [5.41, 5.74) is 7.16. The minimum Gasteiger partial charge on any atom is -0.472 e. The van der Waals surface area contributed by atoms with Crippen LogP contribution in [0.15, 0.2) is 40.2 Å². The van der Waals surface area contributed by atoms with Crippen LogP contribution in [0.4, 0.5) is 0 Å². The largest absolute Gasteiger partial charge is 0.472 e. The van der Waals surface area contributed by atoms with E-state index >= 15 is 0 Å². The predicted molar refractivity (Wildman–Crippen MR) is 70.7 cm³/mol. The molecular formula is C12H17N3O3S. The molecule has 104 valence electrons. The average molecular weight is 283 g/mol. The van der Waals surface area contributed by atoms with Crippen LogP contribution < -0.4 is 10.5 Å². The Morgan fingerprint density at radius 2 is 2.26 bits per heavy atom. The van der Waals surface area contributed by atoms with E-state index in [1.165, 1.54) is 12.5 Å². The average Bonchev–Trinajstić information content (AvgIpc) is 3.05. The number of aromatic nitrogens is 1. The van der Waals surface area contributed by atoms with E-state index in [0.717, 1.165) is 11.3 Å². The Morgan fingerprint density at radius 1 is 1.47 bits per heavy atom. The molecule has 0 radical (unpaired) electrons. The lowest BCUT2D eigenvalue weighted by Crippen LogP contribution is -2.22. The van der Waals surface area contributed by atoms with Crippen LogP contribution in [0.5, 0.6) is 0 Å². The number of hydrogen-bond acceptors (Lipinski definition) is 4. The highest BCUT2D eigenvalue weighted by Gasteiger charge is 2.17. The number of rotatable bonds is 6. The smallest absolute Gasteiger partial charge is 0.242 e. The summed E-state index contributed by atoms with van der Waals surface area (Å²) in [5.74, 6) is 0. The van der Waals surface area contributed by atoms with Gasteiger partial charge in [-0.3, -0.25) is 0 Å². The molecule has 19 heavy (non-hydrogen) atoms. The highest BCUT2D eigenvalue weighted by Crippen LogP contribution is 2.14. The van der Waals surface area contributed by atoms with Crippen molar-refractivity contribution in [3.8, 4) is 0 Å². The maximum absolute atomic E-state index is 12.1. The van der Waals surface area contributed by atoms with E-state index in [9.17, 15) is 8.42 Å². The molecule has 0 amide bonds. The van der Waals surface area contributed by atoms with E-state index in [1.807, 2.05) is 11.5 Å². The summed E-state index contributed by atoms with van der Waals surface area (Å²) in [5, 5.41) is 0. The first kappa shape index (κ1) is 13.9. The zero-order valence-electron chi connectivity index (χ0n) is 10.7. The number of aryl methyl sites for hydroxylation is 1. The van der Waals surface area contributed by atoms with Crippen LogP contribution in [0, 0.1) is 0 Å². The summed E-state index contributed by atoms with van der Waals surface area (Å²) in [4.78, 5) is 0.235. The van der Waals surface area contributed by atoms with E-state index in [-0.39, 0.29) is 11.4 Å². The summed E-state index contributed by atoms with van der Waals surface area (Å²) in [7, 11) is -3.53. The molecule has 0 bridgehead atoms. The van der Waals surface area contributed by atoms with Crippen molar-refractivity contribution < 1.29 is 12.8 Å². The van der Waals surface area contributed by atoms with Crippen molar-refractivity contribution in [2.24, 2.45) is 5.73 Å². The van der Waals surface area contributed by atoms with Crippen LogP contribution in [0.2, 0.25) is 0 Å². The number of hydrogen-bond donors (Lipinski definition) is 2. The molecule has 0 spiro atoms. The fraction of sp³-hybridized carbons (Fsp3) is 0.333. The molecule has 0 aliphatic carbocycles. The van der Waals surface area contributed by atoms with Gasteiger partial charge in [-0.1, -0.05) is 0 Å². The van der Waals surface area contributed by atoms with Crippen molar-refractivity contribution >= 4 is 10.0 Å². The van der Waals surface area contributed by atoms with E-state index in [1.54, 1.807) is 18.3 Å². The van der Waals surface area contributed by atoms with Gasteiger partial charge in [0, 0.05) is 37.1 Å². The Bertz CT molecular complexity index is 608. The van der Waals surface area contributed by atoms with Crippen LogP contribution in [-0.2, 0) is 29.7 Å². The maximum atomic E-state index is 12.1. The van der Waals surface area contributed by atoms with Crippen LogP contribution in [-0.4, -0.2) is 13.0 Å². The molecule has 0 saturated carbocycles. The molecule has 6 nitrogen and oxygen atoms in total. The van der Waals surface area contributed by atoms with Crippen LogP contribution in [0.1, 0.15) is 18.2 Å². The normalized spacial score (nSPS) is 11.9. The second kappa shape index (κ2) is 5.60. The van der Waals surface area contributed by atoms with Crippen molar-refractivity contribution in [3.05, 3.63) is 42.1 Å². The minimum absolute atomic E-state index is 0.202. The fourth-order valence-electron chi connectivity index (χ4n) is 1.79. The molecule has 2 aromatic heterocycles. The van der Waals surface area contributed by atoms with Crippen molar-refractivity contribution in [2.45, 2.75) is 31.5 Å². The molecule has 0 fully saturated rings. The van der Waals surface area contributed by atoms with Gasteiger partial charge in [-0.05, 0) is 19.1 Å². The van der Waals surface area contributed by atoms with Gasteiger partial charge in [0.05, 0.1) is 17.4 Å². The van der Waals surface area contributed by atoms with Crippen molar-refractivity contribution in [1.82, 2.24) is 9.29 Å². The minimum atomic E-state index is -3.53. The monoisotopic (exact) mass is 283 g/mol. The van der Waals surface area contributed by atoms with Crippen molar-refractivity contribution in [2.75, 3.05) is 0 Å². The second-order valence-corrected chi connectivity index (χ2v) is 5.88. The lowest BCUT2D eigenvalue weighted by atomic mass is 10.4. The first-order chi connectivity index (χ1) is 9.06. The molecule has 2 rings (SSSR count). The van der Waals surface area contributed by atoms with E-state index in [2.05, 4.69) is 4.72 Å². The second-order valence-electron chi connectivity index (χ2n) is 4.11. The third-order valence-electron chi connectivity index (χ3n) is 2.87. The zero-order chi connectivity index (χ0) is 13.9. The summed E-state index contributed by atoms with van der Waals surface area (Å²) in [6, 6.07) is 3.31. The maximum Gasteiger partial charge on any atom is 0.242 e. The number of sulfonamides is 1. The van der Waals surface area contributed by atoms with E-state index in [0.29, 0.717) is 13.1 Å². The lowest BCUT2D eigenvalue weighted by Gasteiger charge is -2.03. The number of furan rings is 1. The summed E-state index contributed by atoms with van der Waals surface area (Å²) >= 11 is 0. The Hall–Kier alpha value is -1.57. The van der Waals surface area contributed by atoms with Gasteiger partial charge >= 0.3 is 0 Å². The van der Waals surface area contributed by atoms with Gasteiger partial charge in [0.25, 0.3) is 0 Å². The van der Waals surface area contributed by atoms with Crippen LogP contribution in [0.3, 0.4) is 0 Å². The summed E-state index contributed by atoms with van der Waals surface area (Å²) < 4.78 is 33.5. The Balaban J connectivity index is 2.17. The van der Waals surface area contributed by atoms with Gasteiger partial charge in [0.1, 0.15) is 0 Å². The molecule has 2 aromatic rings. The van der Waals surface area contributed by atoms with Crippen LogP contribution in [0.25, 0.3) is 0 Å². The zero-order valence-corrected chi connectivity index (χ0v) is 11.5. The van der Waals surface area contributed by atoms with Gasteiger partial charge in [0.15, 0.2) is 0 Å². The third-order valence-corrected chi connectivity index (χ3v) is 4.24. The Labute approximate surface area is 112 Å². The molecule has 0 saturated heterocycles. The number of nitrogens with zero attached hydrogens (tertiary/aromatic N) is 1. The van der Waals surface area contributed by atoms with E-state index in [4.69, 9.17) is 10.2 Å². The topological polar surface area (TPSA) is 90.3 Å². The number of nitrogens with one attached hydrogen (secondary N) is 1. The SMILES string of the molecule is CCn1cc(S(=O)(=O)NCc2ccoc2)cc1CN. The number of nitrogens with two attached hydrogens (primary N) is 1. The molecule has 0 atom stereocenters.